The molecular formula is C66H79Cl6N15O12. The van der Waals surface area contributed by atoms with Crippen molar-refractivity contribution in [1.29, 1.82) is 0 Å². The lowest BCUT2D eigenvalue weighted by molar-refractivity contribution is 0.0230. The van der Waals surface area contributed by atoms with Gasteiger partial charge in [-0.15, -0.1) is 0 Å². The van der Waals surface area contributed by atoms with Gasteiger partial charge in [-0.05, 0) is 90.1 Å². The van der Waals surface area contributed by atoms with Gasteiger partial charge in [0.05, 0.1) is 54.0 Å². The molecule has 0 radical (unpaired) electrons. The van der Waals surface area contributed by atoms with E-state index in [1.165, 1.54) is 78.4 Å². The second-order valence-electron chi connectivity index (χ2n) is 23.1. The Kier molecular flexibility index (Phi) is 29.1. The van der Waals surface area contributed by atoms with E-state index in [4.69, 9.17) is 113 Å². The number of ether oxygens (including phenoxy) is 8. The lowest BCUT2D eigenvalue weighted by Crippen LogP contribution is -2.50. The van der Waals surface area contributed by atoms with Crippen LogP contribution in [0.15, 0.2) is 96.5 Å². The lowest BCUT2D eigenvalue weighted by atomic mass is 10.2. The van der Waals surface area contributed by atoms with E-state index in [2.05, 4.69) is 68.1 Å². The SMILES string of the molecule is CNc1cc(Nc2ccc(N3CCN(C(=O)OC(C)(C)C)CC3)cc2)ncn1.COc1cc(OC)c(Cl)c(N)c1Cl.COc1cc(OC)c(Cl)c(N=C=O)c1Cl.COc1cc(OC)c(Cl)c(NC(=O)N(C)c2cc(Nc3ccc(N4CCN(C(=O)OC(C)(C)C)CC4)cc3)ncn2)c1Cl. The molecule has 532 valence electrons. The Morgan fingerprint density at radius 1 is 0.515 bits per heavy atom. The van der Waals surface area contributed by atoms with Crippen molar-refractivity contribution in [3.63, 3.8) is 0 Å². The highest BCUT2D eigenvalue weighted by molar-refractivity contribution is 6.42. The maximum absolute atomic E-state index is 13.1. The summed E-state index contributed by atoms with van der Waals surface area (Å²) < 4.78 is 41.4. The molecule has 99 heavy (non-hydrogen) atoms. The number of hydrogen-bond acceptors (Lipinski definition) is 23. The fraction of sp³-hybridized carbons (Fsp3) is 0.364. The number of carbonyl (C=O) groups excluding carboxylic acids is 4. The highest BCUT2D eigenvalue weighted by Gasteiger charge is 2.29. The summed E-state index contributed by atoms with van der Waals surface area (Å²) in [5.74, 6) is 4.45. The molecule has 0 spiro atoms. The molecule has 7 aromatic rings. The van der Waals surface area contributed by atoms with Crippen LogP contribution in [0.1, 0.15) is 41.5 Å². The summed E-state index contributed by atoms with van der Waals surface area (Å²) in [7, 11) is 12.1. The van der Waals surface area contributed by atoms with Crippen molar-refractivity contribution < 1.29 is 57.1 Å². The average molecular weight is 1490 g/mol. The summed E-state index contributed by atoms with van der Waals surface area (Å²) in [4.78, 5) is 77.3. The first kappa shape index (κ1) is 78.8. The number of nitrogens with two attached hydrogens (primary N) is 1. The Hall–Kier alpha value is -9.21. The molecule has 2 saturated heterocycles. The third kappa shape index (κ3) is 22.1. The highest BCUT2D eigenvalue weighted by Crippen LogP contribution is 2.47. The zero-order chi connectivity index (χ0) is 72.9. The molecule has 0 saturated carbocycles. The highest BCUT2D eigenvalue weighted by atomic mass is 35.5. The Labute approximate surface area is 604 Å². The standard InChI is InChI=1S/C29H35Cl2N7O5.C20H28N6O2.C9H7Cl2NO3.C8H9Cl2NO2/c1-29(2,3)43-28(40)38-13-11-37(12-14-38)19-9-7-18(8-10-19)34-22-16-23(33-17-32-22)36(4)27(39)35-26-24(30)20(41-5)15-21(42-6)25(26)31;1-20(2,3)28-19(27)26-11-9-25(10-12-26)16-7-5-15(6-8-16)24-18-13-17(21-4)22-14-23-18;1-14-5-3-6(15-2)8(11)9(7(5)10)12-4-13;1-12-4-3-5(13-2)7(10)8(11)6(4)9/h7-10,15-17H,11-14H2,1-6H3,(H,35,39)(H,32,33,34);5-8,13-14H,9-12H2,1-4H3,(H2,21,22,23,24);3H,1-2H3;3H,11H2,1-2H3. The third-order valence-corrected chi connectivity index (χ3v) is 16.5. The number of halogens is 6. The summed E-state index contributed by atoms with van der Waals surface area (Å²) in [5.41, 5.74) is 9.06. The van der Waals surface area contributed by atoms with Crippen molar-refractivity contribution in [2.45, 2.75) is 52.7 Å². The molecule has 6 N–H and O–H groups in total. The number of amides is 4. The number of nitrogens with zero attached hydrogens (tertiary/aromatic N) is 10. The van der Waals surface area contributed by atoms with Gasteiger partial charge in [0.1, 0.15) is 117 Å². The van der Waals surface area contributed by atoms with Gasteiger partial charge in [-0.3, -0.25) is 4.90 Å². The first-order valence-electron chi connectivity index (χ1n) is 30.2. The lowest BCUT2D eigenvalue weighted by Gasteiger charge is -2.36. The van der Waals surface area contributed by atoms with Crippen molar-refractivity contribution in [3.05, 3.63) is 122 Å². The molecule has 2 fully saturated rings. The van der Waals surface area contributed by atoms with E-state index in [1.807, 2.05) is 91.1 Å². The number of piperazine rings is 2. The predicted molar refractivity (Wildman–Crippen MR) is 391 cm³/mol. The van der Waals surface area contributed by atoms with Gasteiger partial charge in [-0.1, -0.05) is 69.6 Å². The number of nitrogen functional groups attached to an aromatic ring is 1. The van der Waals surface area contributed by atoms with Crippen LogP contribution >= 0.6 is 69.6 Å². The molecule has 5 aromatic carbocycles. The molecule has 2 aromatic heterocycles. The molecule has 0 aliphatic carbocycles. The van der Waals surface area contributed by atoms with Crippen LogP contribution in [0.25, 0.3) is 0 Å². The van der Waals surface area contributed by atoms with Gasteiger partial charge in [-0.2, -0.15) is 4.99 Å². The van der Waals surface area contributed by atoms with E-state index < -0.39 is 17.2 Å². The minimum atomic E-state index is -0.542. The number of urea groups is 1. The molecule has 4 amide bonds. The number of isocyanates is 1. The van der Waals surface area contributed by atoms with E-state index in [1.54, 1.807) is 29.0 Å². The summed E-state index contributed by atoms with van der Waals surface area (Å²) in [6, 6.07) is 23.7. The molecule has 4 heterocycles. The van der Waals surface area contributed by atoms with Crippen LogP contribution in [0.5, 0.6) is 34.5 Å². The largest absolute Gasteiger partial charge is 0.495 e. The minimum absolute atomic E-state index is 0.0875. The van der Waals surface area contributed by atoms with Crippen molar-refractivity contribution in [1.82, 2.24) is 29.7 Å². The summed E-state index contributed by atoms with van der Waals surface area (Å²) in [6.45, 7) is 16.7. The number of methoxy groups -OCH3 is 6. The summed E-state index contributed by atoms with van der Waals surface area (Å²) in [5, 5.41) is 13.4. The monoisotopic (exact) mass is 1480 g/mol. The number of aliphatic imine (C=N–C) groups is 1. The zero-order valence-electron chi connectivity index (χ0n) is 57.0. The summed E-state index contributed by atoms with van der Waals surface area (Å²) in [6.07, 6.45) is 3.72. The minimum Gasteiger partial charge on any atom is -0.495 e. The van der Waals surface area contributed by atoms with Crippen molar-refractivity contribution in [3.8, 4) is 34.5 Å². The van der Waals surface area contributed by atoms with Gasteiger partial charge in [-0.25, -0.2) is 39.1 Å². The molecule has 2 aliphatic rings. The van der Waals surface area contributed by atoms with Gasteiger partial charge in [0.15, 0.2) is 0 Å². The van der Waals surface area contributed by atoms with E-state index in [0.717, 1.165) is 47.5 Å². The molecular weight excluding hydrogens is 1410 g/mol. The quantitative estimate of drug-likeness (QED) is 0.0341. The van der Waals surface area contributed by atoms with Crippen molar-refractivity contribution in [2.75, 3.05) is 151 Å². The first-order chi connectivity index (χ1) is 47.0. The van der Waals surface area contributed by atoms with Crippen LogP contribution in [-0.2, 0) is 14.3 Å². The van der Waals surface area contributed by atoms with E-state index in [-0.39, 0.29) is 49.3 Å². The van der Waals surface area contributed by atoms with Crippen LogP contribution in [0.4, 0.5) is 77.5 Å². The third-order valence-electron chi connectivity index (χ3n) is 14.2. The van der Waals surface area contributed by atoms with Crippen LogP contribution in [-0.4, -0.2) is 174 Å². The molecule has 0 bridgehead atoms. The van der Waals surface area contributed by atoms with Crippen LogP contribution < -0.4 is 70.1 Å². The average Bonchev–Trinajstić information content (AvgIpc) is 0.834. The number of carbonyl (C=O) groups is 3. The Morgan fingerprint density at radius 3 is 1.23 bits per heavy atom. The Balaban J connectivity index is 0.000000234. The van der Waals surface area contributed by atoms with Crippen molar-refractivity contribution >= 4 is 157 Å². The normalized spacial score (nSPS) is 12.6. The number of benzene rings is 5. The topological polar surface area (TPSA) is 296 Å². The number of hydrogen-bond donors (Lipinski definition) is 5. The molecule has 0 unspecified atom stereocenters. The van der Waals surface area contributed by atoms with Crippen LogP contribution in [0.2, 0.25) is 30.1 Å². The van der Waals surface area contributed by atoms with Gasteiger partial charge in [0, 0.05) is 120 Å². The smallest absolute Gasteiger partial charge is 0.410 e. The predicted octanol–water partition coefficient (Wildman–Crippen LogP) is 15.2. The van der Waals surface area contributed by atoms with E-state index >= 15 is 0 Å². The molecule has 2 aliphatic heterocycles. The Morgan fingerprint density at radius 2 is 0.869 bits per heavy atom. The fourth-order valence-electron chi connectivity index (χ4n) is 9.13. The second kappa shape index (κ2) is 36.6. The van der Waals surface area contributed by atoms with Gasteiger partial charge in [0.25, 0.3) is 0 Å². The number of aromatic nitrogens is 4. The molecule has 27 nitrogen and oxygen atoms in total. The maximum atomic E-state index is 13.1. The van der Waals surface area contributed by atoms with Crippen molar-refractivity contribution in [2.24, 2.45) is 4.99 Å². The molecule has 9 rings (SSSR count). The van der Waals surface area contributed by atoms with Gasteiger partial charge in [0.2, 0.25) is 6.08 Å². The molecule has 33 heteroatoms. The maximum Gasteiger partial charge on any atom is 0.410 e. The van der Waals surface area contributed by atoms with E-state index in [9.17, 15) is 19.2 Å². The van der Waals surface area contributed by atoms with Crippen LogP contribution in [0.3, 0.4) is 0 Å². The van der Waals surface area contributed by atoms with Gasteiger partial charge >= 0.3 is 18.2 Å². The molecule has 0 atom stereocenters. The fourth-order valence-corrected chi connectivity index (χ4v) is 10.8. The number of nitrogens with one attached hydrogen (secondary N) is 4. The van der Waals surface area contributed by atoms with Crippen LogP contribution in [0, 0.1) is 0 Å². The Bertz CT molecular complexity index is 3860. The summed E-state index contributed by atoms with van der Waals surface area (Å²) >= 11 is 36.2. The second-order valence-corrected chi connectivity index (χ2v) is 25.4. The van der Waals surface area contributed by atoms with E-state index in [0.29, 0.717) is 95.4 Å². The number of anilines is 10. The van der Waals surface area contributed by atoms with Gasteiger partial charge < -0.3 is 84.5 Å². The first-order valence-corrected chi connectivity index (χ1v) is 32.5. The number of rotatable bonds is 16. The zero-order valence-corrected chi connectivity index (χ0v) is 61.6.